The highest BCUT2D eigenvalue weighted by Crippen LogP contribution is 2.32. The highest BCUT2D eigenvalue weighted by molar-refractivity contribution is 7.98. The van der Waals surface area contributed by atoms with Crippen molar-refractivity contribution in [2.75, 3.05) is 4.90 Å². The summed E-state index contributed by atoms with van der Waals surface area (Å²) in [5, 5.41) is 12.3. The van der Waals surface area contributed by atoms with Gasteiger partial charge in [0.05, 0.1) is 11.4 Å². The van der Waals surface area contributed by atoms with Gasteiger partial charge in [-0.1, -0.05) is 68.9 Å². The zero-order chi connectivity index (χ0) is 24.5. The Hall–Kier alpha value is -2.97. The largest absolute Gasteiger partial charge is 0.305 e. The summed E-state index contributed by atoms with van der Waals surface area (Å²) in [7, 11) is 1.98. The molecule has 2 aromatic heterocycles. The van der Waals surface area contributed by atoms with Crippen molar-refractivity contribution < 1.29 is 4.79 Å². The van der Waals surface area contributed by atoms with Gasteiger partial charge in [0.25, 0.3) is 0 Å². The Morgan fingerprint density at radius 2 is 1.85 bits per heavy atom. The molecule has 1 amide bonds. The summed E-state index contributed by atoms with van der Waals surface area (Å²) < 4.78 is 2.01. The molecule has 0 aliphatic carbocycles. The molecule has 0 bridgehead atoms. The second-order valence-electron chi connectivity index (χ2n) is 9.30. The maximum absolute atomic E-state index is 12.4. The Labute approximate surface area is 209 Å². The van der Waals surface area contributed by atoms with Crippen LogP contribution < -0.4 is 4.90 Å². The lowest BCUT2D eigenvalue weighted by Gasteiger charge is -2.19. The van der Waals surface area contributed by atoms with Gasteiger partial charge in [-0.2, -0.15) is 0 Å². The molecule has 4 rings (SSSR count). The minimum Gasteiger partial charge on any atom is -0.305 e. The number of amides is 1. The van der Waals surface area contributed by atoms with Crippen LogP contribution in [-0.2, 0) is 23.0 Å². The van der Waals surface area contributed by atoms with Gasteiger partial charge in [0, 0.05) is 30.7 Å². The second-order valence-corrected chi connectivity index (χ2v) is 11.1. The number of carbonyl (C=O) groups is 1. The Morgan fingerprint density at radius 1 is 1.12 bits per heavy atom. The van der Waals surface area contributed by atoms with E-state index in [-0.39, 0.29) is 11.3 Å². The Balaban J connectivity index is 1.48. The maximum Gasteiger partial charge on any atom is 0.230 e. The third-order valence-corrected chi connectivity index (χ3v) is 7.43. The molecule has 0 spiro atoms. The van der Waals surface area contributed by atoms with E-state index in [2.05, 4.69) is 55.2 Å². The molecule has 8 heteroatoms. The number of rotatable bonds is 6. The minimum absolute atomic E-state index is 0.0606. The Bertz CT molecular complexity index is 1300. The van der Waals surface area contributed by atoms with Gasteiger partial charge in [0.2, 0.25) is 5.91 Å². The van der Waals surface area contributed by atoms with Crippen molar-refractivity contribution in [1.29, 1.82) is 0 Å². The standard InChI is InChI=1S/C26H29N5OS2/c1-17-8-7-9-22(14-17)31(18(2)32)24-27-21(15-33-24)16-34-25-29-28-23(30(25)6)19-10-12-20(13-11-19)26(3,4)5/h7-15H,16H2,1-6H3. The summed E-state index contributed by atoms with van der Waals surface area (Å²) in [6.45, 7) is 10.2. The topological polar surface area (TPSA) is 63.9 Å². The highest BCUT2D eigenvalue weighted by Gasteiger charge is 2.19. The van der Waals surface area contributed by atoms with E-state index in [0.717, 1.165) is 33.5 Å². The third-order valence-electron chi connectivity index (χ3n) is 5.50. The summed E-state index contributed by atoms with van der Waals surface area (Å²) in [6.07, 6.45) is 0. The summed E-state index contributed by atoms with van der Waals surface area (Å²) in [4.78, 5) is 18.8. The minimum atomic E-state index is -0.0606. The first-order valence-corrected chi connectivity index (χ1v) is 12.9. The van der Waals surface area contributed by atoms with Crippen molar-refractivity contribution in [1.82, 2.24) is 19.7 Å². The Kier molecular flexibility index (Phi) is 6.91. The van der Waals surface area contributed by atoms with Gasteiger partial charge in [0.15, 0.2) is 16.1 Å². The van der Waals surface area contributed by atoms with E-state index in [0.29, 0.717) is 10.9 Å². The number of hydrogen-bond acceptors (Lipinski definition) is 6. The summed E-state index contributed by atoms with van der Waals surface area (Å²) in [5.41, 5.74) is 5.28. The monoisotopic (exact) mass is 491 g/mol. The number of thiazole rings is 1. The fourth-order valence-corrected chi connectivity index (χ4v) is 5.40. The van der Waals surface area contributed by atoms with Crippen LogP contribution >= 0.6 is 23.1 Å². The van der Waals surface area contributed by atoms with E-state index in [4.69, 9.17) is 4.98 Å². The quantitative estimate of drug-likeness (QED) is 0.287. The molecule has 0 N–H and O–H groups in total. The molecule has 4 aromatic rings. The second kappa shape index (κ2) is 9.72. The molecule has 0 saturated carbocycles. The van der Waals surface area contributed by atoms with Crippen molar-refractivity contribution in [2.45, 2.75) is 50.9 Å². The highest BCUT2D eigenvalue weighted by atomic mass is 32.2. The van der Waals surface area contributed by atoms with Gasteiger partial charge < -0.3 is 4.57 Å². The fourth-order valence-electron chi connectivity index (χ4n) is 3.61. The normalized spacial score (nSPS) is 11.6. The molecule has 176 valence electrons. The van der Waals surface area contributed by atoms with E-state index in [1.807, 2.05) is 48.2 Å². The zero-order valence-corrected chi connectivity index (χ0v) is 22.0. The molecule has 6 nitrogen and oxygen atoms in total. The van der Waals surface area contributed by atoms with Gasteiger partial charge in [-0.25, -0.2) is 4.98 Å². The number of benzene rings is 2. The number of anilines is 2. The molecule has 0 aliphatic heterocycles. The third kappa shape index (κ3) is 5.23. The molecule has 2 heterocycles. The van der Waals surface area contributed by atoms with Crippen LogP contribution in [0.15, 0.2) is 59.1 Å². The summed E-state index contributed by atoms with van der Waals surface area (Å²) >= 11 is 3.05. The molecular formula is C26H29N5OS2. The van der Waals surface area contributed by atoms with Crippen LogP contribution in [0.5, 0.6) is 0 Å². The van der Waals surface area contributed by atoms with Crippen LogP contribution in [0.2, 0.25) is 0 Å². The van der Waals surface area contributed by atoms with Crippen LogP contribution in [0.1, 0.15) is 44.5 Å². The predicted molar refractivity (Wildman–Crippen MR) is 141 cm³/mol. The summed E-state index contributed by atoms with van der Waals surface area (Å²) in [5.74, 6) is 1.42. The van der Waals surface area contributed by atoms with Crippen LogP contribution in [0.25, 0.3) is 11.4 Å². The van der Waals surface area contributed by atoms with Gasteiger partial charge >= 0.3 is 0 Å². The van der Waals surface area contributed by atoms with Crippen LogP contribution in [0, 0.1) is 6.92 Å². The van der Waals surface area contributed by atoms with Gasteiger partial charge in [-0.3, -0.25) is 9.69 Å². The molecule has 0 aliphatic rings. The van der Waals surface area contributed by atoms with Crippen molar-refractivity contribution in [2.24, 2.45) is 7.05 Å². The van der Waals surface area contributed by atoms with Crippen molar-refractivity contribution in [3.05, 3.63) is 70.7 Å². The number of hydrogen-bond donors (Lipinski definition) is 0. The van der Waals surface area contributed by atoms with Crippen LogP contribution in [0.3, 0.4) is 0 Å². The van der Waals surface area contributed by atoms with Gasteiger partial charge in [0.1, 0.15) is 0 Å². The average molecular weight is 492 g/mol. The van der Waals surface area contributed by atoms with E-state index in [9.17, 15) is 4.79 Å². The molecular weight excluding hydrogens is 462 g/mol. The van der Waals surface area contributed by atoms with E-state index in [1.54, 1.807) is 23.6 Å². The zero-order valence-electron chi connectivity index (χ0n) is 20.4. The van der Waals surface area contributed by atoms with Crippen molar-refractivity contribution in [3.63, 3.8) is 0 Å². The number of nitrogens with zero attached hydrogens (tertiary/aromatic N) is 5. The smallest absolute Gasteiger partial charge is 0.230 e. The first-order valence-electron chi connectivity index (χ1n) is 11.1. The lowest BCUT2D eigenvalue weighted by Crippen LogP contribution is -2.22. The first-order chi connectivity index (χ1) is 16.1. The Morgan fingerprint density at radius 3 is 2.50 bits per heavy atom. The van der Waals surface area contributed by atoms with E-state index in [1.165, 1.54) is 16.9 Å². The summed E-state index contributed by atoms with van der Waals surface area (Å²) in [6, 6.07) is 16.4. The number of thioether (sulfide) groups is 1. The number of aryl methyl sites for hydroxylation is 1. The number of aromatic nitrogens is 4. The molecule has 0 atom stereocenters. The molecule has 34 heavy (non-hydrogen) atoms. The number of carbonyl (C=O) groups excluding carboxylic acids is 1. The first kappa shape index (κ1) is 24.2. The maximum atomic E-state index is 12.4. The molecule has 0 radical (unpaired) electrons. The van der Waals surface area contributed by atoms with Crippen LogP contribution in [0.4, 0.5) is 10.8 Å². The lowest BCUT2D eigenvalue weighted by atomic mass is 9.87. The molecule has 0 saturated heterocycles. The average Bonchev–Trinajstić information content (AvgIpc) is 3.38. The van der Waals surface area contributed by atoms with Gasteiger partial charge in [-0.05, 0) is 35.6 Å². The fraction of sp³-hybridized carbons (Fsp3) is 0.308. The van der Waals surface area contributed by atoms with E-state index >= 15 is 0 Å². The van der Waals surface area contributed by atoms with Crippen molar-refractivity contribution in [3.8, 4) is 11.4 Å². The molecule has 0 fully saturated rings. The lowest BCUT2D eigenvalue weighted by molar-refractivity contribution is -0.115. The molecule has 2 aromatic carbocycles. The van der Waals surface area contributed by atoms with E-state index < -0.39 is 0 Å². The molecule has 0 unspecified atom stereocenters. The van der Waals surface area contributed by atoms with Crippen LogP contribution in [-0.4, -0.2) is 25.7 Å². The predicted octanol–water partition coefficient (Wildman–Crippen LogP) is 6.52. The van der Waals surface area contributed by atoms with Crippen molar-refractivity contribution >= 4 is 39.8 Å². The SMILES string of the molecule is CC(=O)N(c1cccc(C)c1)c1nc(CSc2nnc(-c3ccc(C(C)(C)C)cc3)n2C)cs1. The van der Waals surface area contributed by atoms with Gasteiger partial charge in [-0.15, -0.1) is 21.5 Å².